The van der Waals surface area contributed by atoms with Gasteiger partial charge in [0, 0.05) is 0 Å². The molecule has 0 unspecified atom stereocenters. The normalized spacial score (nSPS) is 11.2. The smallest absolute Gasteiger partial charge is 0.744 e. The molecule has 0 radical (unpaired) electrons. The Kier molecular flexibility index (Phi) is 11.6. The summed E-state index contributed by atoms with van der Waals surface area (Å²) in [4.78, 5) is 19.3. The largest absolute Gasteiger partial charge is 1.00 e. The third kappa shape index (κ3) is 8.45. The molecule has 1 aromatic carbocycles. The van der Waals surface area contributed by atoms with Gasteiger partial charge in [0.25, 0.3) is 0 Å². The number of nitrogens with one attached hydrogen (secondary N) is 2. The number of halogens is 4. The Morgan fingerprint density at radius 1 is 0.588 bits per heavy atom. The second-order valence-electron chi connectivity index (χ2n) is 5.40. The minimum atomic E-state index is -5.32. The average Bonchev–Trinajstić information content (AvgIpc) is 2.57. The van der Waals surface area contributed by atoms with Gasteiger partial charge in [0.2, 0.25) is 33.0 Å². The SMILES string of the molecule is O=S(=O)([O-])c1cc(S(=O)(=O)[O-])c(Nc2nc(Cl)nc(Cl)n2)cc1Nc1nc(Cl)nc(Cl)n1.[Na+].[Na+]. The second-order valence-corrected chi connectivity index (χ2v) is 9.45. The molecule has 0 saturated carbocycles. The van der Waals surface area contributed by atoms with Crippen LogP contribution in [0.2, 0.25) is 21.1 Å². The zero-order valence-electron chi connectivity index (χ0n) is 16.6. The van der Waals surface area contributed by atoms with E-state index >= 15 is 0 Å². The molecule has 0 amide bonds. The van der Waals surface area contributed by atoms with Crippen LogP contribution in [0, 0.1) is 0 Å². The summed E-state index contributed by atoms with van der Waals surface area (Å²) in [6.07, 6.45) is 0. The van der Waals surface area contributed by atoms with Crippen LogP contribution in [0.5, 0.6) is 0 Å². The number of rotatable bonds is 6. The molecule has 0 fully saturated rings. The molecule has 0 spiro atoms. The summed E-state index contributed by atoms with van der Waals surface area (Å²) < 4.78 is 70.4. The summed E-state index contributed by atoms with van der Waals surface area (Å²) in [5, 5.41) is 3.14. The van der Waals surface area contributed by atoms with Crippen molar-refractivity contribution in [1.82, 2.24) is 29.9 Å². The Morgan fingerprint density at radius 3 is 1.15 bits per heavy atom. The first-order chi connectivity index (χ1) is 14.7. The maximum atomic E-state index is 11.7. The van der Waals surface area contributed by atoms with Gasteiger partial charge in [-0.3, -0.25) is 0 Å². The van der Waals surface area contributed by atoms with Crippen LogP contribution >= 0.6 is 46.4 Å². The molecule has 0 aliphatic carbocycles. The number of anilines is 4. The summed E-state index contributed by atoms with van der Waals surface area (Å²) in [6.45, 7) is 0. The van der Waals surface area contributed by atoms with Gasteiger partial charge in [-0.1, -0.05) is 0 Å². The average molecular weight is 608 g/mol. The van der Waals surface area contributed by atoms with E-state index in [1.807, 2.05) is 0 Å². The number of benzene rings is 1. The maximum Gasteiger partial charge on any atom is 1.00 e. The zero-order valence-corrected chi connectivity index (χ0v) is 25.3. The van der Waals surface area contributed by atoms with E-state index in [0.29, 0.717) is 6.07 Å². The van der Waals surface area contributed by atoms with Crippen molar-refractivity contribution in [2.75, 3.05) is 10.6 Å². The van der Waals surface area contributed by atoms with Crippen molar-refractivity contribution in [3.63, 3.8) is 0 Å². The van der Waals surface area contributed by atoms with Crippen LogP contribution in [0.25, 0.3) is 0 Å². The first-order valence-electron chi connectivity index (χ1n) is 7.50. The van der Waals surface area contributed by atoms with Crippen molar-refractivity contribution in [3.8, 4) is 0 Å². The van der Waals surface area contributed by atoms with Crippen molar-refractivity contribution in [2.24, 2.45) is 0 Å². The molecule has 3 rings (SSSR count). The molecule has 2 N–H and O–H groups in total. The molecule has 0 atom stereocenters. The molecule has 22 heteroatoms. The van der Waals surface area contributed by atoms with Crippen LogP contribution in [-0.2, 0) is 20.2 Å². The Labute approximate surface area is 255 Å². The number of aromatic nitrogens is 6. The van der Waals surface area contributed by atoms with Gasteiger partial charge in [-0.25, -0.2) is 16.8 Å². The Bertz CT molecular complexity index is 1310. The minimum Gasteiger partial charge on any atom is -0.744 e. The minimum absolute atomic E-state index is 0. The van der Waals surface area contributed by atoms with Gasteiger partial charge >= 0.3 is 59.1 Å². The molecule has 3 aromatic rings. The molecule has 2 aromatic heterocycles. The number of hydrogen-bond donors (Lipinski definition) is 2. The van der Waals surface area contributed by atoms with Gasteiger partial charge in [-0.2, -0.15) is 29.9 Å². The van der Waals surface area contributed by atoms with Crippen molar-refractivity contribution >= 4 is 89.9 Å². The van der Waals surface area contributed by atoms with Crippen LogP contribution < -0.4 is 69.7 Å². The molecule has 14 nitrogen and oxygen atoms in total. The molecular formula is C12H4Cl4N8Na2O6S2. The topological polar surface area (TPSA) is 216 Å². The third-order valence-corrected chi connectivity index (χ3v) is 5.70. The quantitative estimate of drug-likeness (QED) is 0.201. The number of hydrogen-bond acceptors (Lipinski definition) is 14. The summed E-state index contributed by atoms with van der Waals surface area (Å²) >= 11 is 22.6. The number of nitrogens with zero attached hydrogens (tertiary/aromatic N) is 6. The maximum absolute atomic E-state index is 11.7. The fourth-order valence-electron chi connectivity index (χ4n) is 2.17. The van der Waals surface area contributed by atoms with Crippen molar-refractivity contribution in [2.45, 2.75) is 9.79 Å². The fourth-order valence-corrected chi connectivity index (χ4v) is 4.26. The summed E-state index contributed by atoms with van der Waals surface area (Å²) in [6, 6.07) is 1.09. The molecule has 34 heavy (non-hydrogen) atoms. The van der Waals surface area contributed by atoms with Gasteiger partial charge in [-0.15, -0.1) is 0 Å². The van der Waals surface area contributed by atoms with Gasteiger partial charge in [0.15, 0.2) is 0 Å². The summed E-state index contributed by atoms with van der Waals surface area (Å²) in [7, 11) is -10.6. The van der Waals surface area contributed by atoms with Gasteiger partial charge in [-0.05, 0) is 58.5 Å². The molecule has 0 aliphatic rings. The predicted molar refractivity (Wildman–Crippen MR) is 109 cm³/mol. The van der Waals surface area contributed by atoms with E-state index in [4.69, 9.17) is 46.4 Å². The first kappa shape index (κ1) is 31.8. The van der Waals surface area contributed by atoms with E-state index in [9.17, 15) is 25.9 Å². The van der Waals surface area contributed by atoms with Crippen LogP contribution in [0.4, 0.5) is 23.3 Å². The summed E-state index contributed by atoms with van der Waals surface area (Å²) in [5.41, 5.74) is -1.11. The second kappa shape index (κ2) is 12.4. The zero-order chi connectivity index (χ0) is 23.8. The molecule has 0 saturated heterocycles. The standard InChI is InChI=1S/C12H6Cl4N8O6S2.2Na/c13-7-19-8(14)22-11(21-7)17-3-1-4(18-12-23-9(15)20-10(16)24-12)6(32(28,29)30)2-5(3)31(25,26)27;;/h1-2H,(H,25,26,27)(H,28,29,30)(H,17,19,21,22)(H,18,20,23,24);;/q;2*+1/p-2. The van der Waals surface area contributed by atoms with Gasteiger partial charge < -0.3 is 19.7 Å². The van der Waals surface area contributed by atoms with Gasteiger partial charge in [0.05, 0.1) is 21.2 Å². The van der Waals surface area contributed by atoms with Crippen LogP contribution in [-0.4, -0.2) is 55.8 Å². The van der Waals surface area contributed by atoms with Crippen LogP contribution in [0.15, 0.2) is 21.9 Å². The van der Waals surface area contributed by atoms with E-state index in [1.54, 1.807) is 0 Å². The Balaban J connectivity index is 0.00000289. The van der Waals surface area contributed by atoms with E-state index in [0.717, 1.165) is 6.07 Å². The van der Waals surface area contributed by atoms with Crippen molar-refractivity contribution in [3.05, 3.63) is 33.3 Å². The Hall–Kier alpha value is -0.180. The van der Waals surface area contributed by atoms with E-state index < -0.39 is 53.3 Å². The van der Waals surface area contributed by atoms with Crippen LogP contribution in [0.3, 0.4) is 0 Å². The van der Waals surface area contributed by atoms with E-state index in [2.05, 4.69) is 40.5 Å². The molecule has 170 valence electrons. The first-order valence-corrected chi connectivity index (χ1v) is 11.8. The molecule has 2 heterocycles. The molecule has 0 aliphatic heterocycles. The van der Waals surface area contributed by atoms with E-state index in [1.165, 1.54) is 0 Å². The van der Waals surface area contributed by atoms with Crippen LogP contribution in [0.1, 0.15) is 0 Å². The summed E-state index contributed by atoms with van der Waals surface area (Å²) in [5.74, 6) is -0.815. The fraction of sp³-hybridized carbons (Fsp3) is 0. The van der Waals surface area contributed by atoms with Crippen molar-refractivity contribution in [1.29, 1.82) is 0 Å². The third-order valence-electron chi connectivity index (χ3n) is 3.28. The van der Waals surface area contributed by atoms with E-state index in [-0.39, 0.29) is 80.2 Å². The predicted octanol–water partition coefficient (Wildman–Crippen LogP) is -4.03. The van der Waals surface area contributed by atoms with Crippen molar-refractivity contribution < 1.29 is 85.1 Å². The molecular weight excluding hydrogens is 604 g/mol. The monoisotopic (exact) mass is 606 g/mol. The van der Waals surface area contributed by atoms with Gasteiger partial charge in [0.1, 0.15) is 20.2 Å². The Morgan fingerprint density at radius 2 is 0.882 bits per heavy atom. The molecule has 0 bridgehead atoms.